The van der Waals surface area contributed by atoms with Crippen molar-refractivity contribution in [2.45, 2.75) is 39.3 Å². The van der Waals surface area contributed by atoms with Gasteiger partial charge >= 0.3 is 0 Å². The first-order chi connectivity index (χ1) is 7.74. The predicted molar refractivity (Wildman–Crippen MR) is 60.7 cm³/mol. The molecule has 1 aromatic heterocycles. The number of hydrogen-bond donors (Lipinski definition) is 2. The molecular formula is C11H19N3O2. The van der Waals surface area contributed by atoms with Gasteiger partial charge in [-0.3, -0.25) is 10.1 Å². The van der Waals surface area contributed by atoms with E-state index in [2.05, 4.69) is 22.7 Å². The Morgan fingerprint density at radius 2 is 2.44 bits per heavy atom. The molecule has 1 heterocycles. The SMILES string of the molecule is CCCCNC(=O)C(C)NCc1ccno1. The monoisotopic (exact) mass is 225 g/mol. The van der Waals surface area contributed by atoms with Crippen LogP contribution < -0.4 is 10.6 Å². The topological polar surface area (TPSA) is 67.2 Å². The van der Waals surface area contributed by atoms with Crippen molar-refractivity contribution in [2.75, 3.05) is 6.54 Å². The molecule has 0 radical (unpaired) electrons. The van der Waals surface area contributed by atoms with Crippen molar-refractivity contribution in [3.05, 3.63) is 18.0 Å². The highest BCUT2D eigenvalue weighted by atomic mass is 16.5. The van der Waals surface area contributed by atoms with Gasteiger partial charge in [0.15, 0.2) is 0 Å². The molecule has 1 aromatic rings. The number of amides is 1. The van der Waals surface area contributed by atoms with Gasteiger partial charge in [0.25, 0.3) is 0 Å². The molecule has 0 saturated heterocycles. The van der Waals surface area contributed by atoms with Crippen LogP contribution in [0.25, 0.3) is 0 Å². The first-order valence-electron chi connectivity index (χ1n) is 5.64. The molecule has 2 N–H and O–H groups in total. The van der Waals surface area contributed by atoms with Crippen molar-refractivity contribution in [2.24, 2.45) is 0 Å². The molecule has 90 valence electrons. The quantitative estimate of drug-likeness (QED) is 0.681. The van der Waals surface area contributed by atoms with Crippen molar-refractivity contribution in [1.29, 1.82) is 0 Å². The Labute approximate surface area is 95.6 Å². The molecule has 0 aliphatic heterocycles. The Balaban J connectivity index is 2.18. The summed E-state index contributed by atoms with van der Waals surface area (Å²) in [6, 6.07) is 1.55. The van der Waals surface area contributed by atoms with Crippen molar-refractivity contribution in [3.8, 4) is 0 Å². The van der Waals surface area contributed by atoms with Gasteiger partial charge in [-0.1, -0.05) is 18.5 Å². The van der Waals surface area contributed by atoms with Crippen molar-refractivity contribution >= 4 is 5.91 Å². The third kappa shape index (κ3) is 4.44. The molecule has 0 saturated carbocycles. The van der Waals surface area contributed by atoms with Crippen molar-refractivity contribution in [1.82, 2.24) is 15.8 Å². The van der Waals surface area contributed by atoms with Gasteiger partial charge in [-0.15, -0.1) is 0 Å². The van der Waals surface area contributed by atoms with Gasteiger partial charge in [0.05, 0.1) is 18.8 Å². The van der Waals surface area contributed by atoms with Gasteiger partial charge in [-0.05, 0) is 13.3 Å². The van der Waals surface area contributed by atoms with E-state index in [1.165, 1.54) is 0 Å². The lowest BCUT2D eigenvalue weighted by Crippen LogP contribution is -2.42. The van der Waals surface area contributed by atoms with E-state index in [0.29, 0.717) is 6.54 Å². The van der Waals surface area contributed by atoms with Crippen LogP contribution in [0.2, 0.25) is 0 Å². The van der Waals surface area contributed by atoms with Crippen LogP contribution in [0.15, 0.2) is 16.8 Å². The van der Waals surface area contributed by atoms with E-state index in [0.717, 1.165) is 25.1 Å². The summed E-state index contributed by atoms with van der Waals surface area (Å²) in [5.74, 6) is 0.751. The molecule has 16 heavy (non-hydrogen) atoms. The maximum Gasteiger partial charge on any atom is 0.236 e. The van der Waals surface area contributed by atoms with Gasteiger partial charge in [0.2, 0.25) is 5.91 Å². The molecule has 1 rings (SSSR count). The van der Waals surface area contributed by atoms with Crippen molar-refractivity contribution in [3.63, 3.8) is 0 Å². The number of unbranched alkanes of at least 4 members (excludes halogenated alkanes) is 1. The van der Waals surface area contributed by atoms with Gasteiger partial charge < -0.3 is 9.84 Å². The molecule has 1 amide bonds. The molecule has 5 heteroatoms. The highest BCUT2D eigenvalue weighted by molar-refractivity contribution is 5.81. The molecule has 0 aliphatic carbocycles. The van der Waals surface area contributed by atoms with Gasteiger partial charge in [-0.2, -0.15) is 0 Å². The first-order valence-corrected chi connectivity index (χ1v) is 5.64. The van der Waals surface area contributed by atoms with Crippen LogP contribution in [0.4, 0.5) is 0 Å². The van der Waals surface area contributed by atoms with Gasteiger partial charge in [0, 0.05) is 12.6 Å². The maximum atomic E-state index is 11.6. The number of nitrogens with one attached hydrogen (secondary N) is 2. The fraction of sp³-hybridized carbons (Fsp3) is 0.636. The predicted octanol–water partition coefficient (Wildman–Crippen LogP) is 1.07. The van der Waals surface area contributed by atoms with Crippen LogP contribution >= 0.6 is 0 Å². The summed E-state index contributed by atoms with van der Waals surface area (Å²) in [7, 11) is 0. The molecular weight excluding hydrogens is 206 g/mol. The highest BCUT2D eigenvalue weighted by Gasteiger charge is 2.11. The fourth-order valence-electron chi connectivity index (χ4n) is 1.22. The summed E-state index contributed by atoms with van der Waals surface area (Å²) in [6.45, 7) is 5.18. The third-order valence-corrected chi connectivity index (χ3v) is 2.30. The second-order valence-corrected chi connectivity index (χ2v) is 3.73. The number of aromatic nitrogens is 1. The smallest absolute Gasteiger partial charge is 0.236 e. The lowest BCUT2D eigenvalue weighted by atomic mass is 10.3. The minimum atomic E-state index is -0.220. The van der Waals surface area contributed by atoms with E-state index in [1.807, 2.05) is 6.92 Å². The standard InChI is InChI=1S/C11H19N3O2/c1-3-4-6-12-11(15)9(2)13-8-10-5-7-14-16-10/h5,7,9,13H,3-4,6,8H2,1-2H3,(H,12,15). The van der Waals surface area contributed by atoms with Gasteiger partial charge in [0.1, 0.15) is 5.76 Å². The molecule has 0 fully saturated rings. The average molecular weight is 225 g/mol. The Hall–Kier alpha value is -1.36. The van der Waals surface area contributed by atoms with E-state index < -0.39 is 0 Å². The Kier molecular flexibility index (Phi) is 5.56. The molecule has 1 unspecified atom stereocenters. The minimum absolute atomic E-state index is 0.0213. The third-order valence-electron chi connectivity index (χ3n) is 2.30. The Bertz CT molecular complexity index is 298. The lowest BCUT2D eigenvalue weighted by molar-refractivity contribution is -0.122. The number of rotatable bonds is 7. The second-order valence-electron chi connectivity index (χ2n) is 3.73. The lowest BCUT2D eigenvalue weighted by Gasteiger charge is -2.12. The molecule has 5 nitrogen and oxygen atoms in total. The molecule has 0 aliphatic rings. The minimum Gasteiger partial charge on any atom is -0.360 e. The molecule has 0 spiro atoms. The number of hydrogen-bond acceptors (Lipinski definition) is 4. The van der Waals surface area contributed by atoms with Crippen LogP contribution in [0.3, 0.4) is 0 Å². The maximum absolute atomic E-state index is 11.6. The summed E-state index contributed by atoms with van der Waals surface area (Å²) in [5.41, 5.74) is 0. The Morgan fingerprint density at radius 3 is 3.06 bits per heavy atom. The van der Waals surface area contributed by atoms with Gasteiger partial charge in [-0.25, -0.2) is 0 Å². The summed E-state index contributed by atoms with van der Waals surface area (Å²) < 4.78 is 4.92. The van der Waals surface area contributed by atoms with Crippen molar-refractivity contribution < 1.29 is 9.32 Å². The van der Waals surface area contributed by atoms with E-state index in [9.17, 15) is 4.79 Å². The summed E-state index contributed by atoms with van der Waals surface area (Å²) in [4.78, 5) is 11.6. The van der Waals surface area contributed by atoms with Crippen LogP contribution in [0.5, 0.6) is 0 Å². The zero-order valence-electron chi connectivity index (χ0n) is 9.82. The number of carbonyl (C=O) groups excluding carboxylic acids is 1. The summed E-state index contributed by atoms with van der Waals surface area (Å²) in [6.07, 6.45) is 3.68. The normalized spacial score (nSPS) is 12.4. The average Bonchev–Trinajstić information content (AvgIpc) is 2.79. The molecule has 0 aromatic carbocycles. The summed E-state index contributed by atoms with van der Waals surface area (Å²) in [5, 5.41) is 9.52. The number of nitrogens with zero attached hydrogens (tertiary/aromatic N) is 1. The van der Waals surface area contributed by atoms with Crippen LogP contribution in [0.1, 0.15) is 32.4 Å². The second kappa shape index (κ2) is 7.00. The van der Waals surface area contributed by atoms with E-state index >= 15 is 0 Å². The number of carbonyl (C=O) groups is 1. The highest BCUT2D eigenvalue weighted by Crippen LogP contribution is 1.96. The molecule has 0 bridgehead atoms. The largest absolute Gasteiger partial charge is 0.360 e. The van der Waals surface area contributed by atoms with Crippen LogP contribution in [-0.2, 0) is 11.3 Å². The van der Waals surface area contributed by atoms with E-state index in [4.69, 9.17) is 4.52 Å². The first kappa shape index (κ1) is 12.7. The fourth-order valence-corrected chi connectivity index (χ4v) is 1.22. The summed E-state index contributed by atoms with van der Waals surface area (Å²) >= 11 is 0. The van der Waals surface area contributed by atoms with E-state index in [-0.39, 0.29) is 11.9 Å². The Morgan fingerprint density at radius 1 is 1.62 bits per heavy atom. The zero-order valence-corrected chi connectivity index (χ0v) is 9.82. The molecule has 1 atom stereocenters. The zero-order chi connectivity index (χ0) is 11.8. The van der Waals surface area contributed by atoms with Crippen LogP contribution in [-0.4, -0.2) is 23.7 Å². The van der Waals surface area contributed by atoms with Crippen LogP contribution in [0, 0.1) is 0 Å². The van der Waals surface area contributed by atoms with E-state index in [1.54, 1.807) is 12.3 Å².